The lowest BCUT2D eigenvalue weighted by molar-refractivity contribution is -0.00866. The number of hydrogen-bond acceptors (Lipinski definition) is 6. The van der Waals surface area contributed by atoms with Gasteiger partial charge in [-0.15, -0.1) is 17.5 Å². The molecule has 0 atom stereocenters. The summed E-state index contributed by atoms with van der Waals surface area (Å²) in [5.41, 5.74) is 0.409. The Morgan fingerprint density at radius 3 is 2.69 bits per heavy atom. The number of rotatable bonds is 6. The summed E-state index contributed by atoms with van der Waals surface area (Å²) in [6.07, 6.45) is 2.89. The summed E-state index contributed by atoms with van der Waals surface area (Å²) in [6.45, 7) is 2.29. The molecule has 1 aromatic carbocycles. The molecule has 1 amide bonds. The maximum Gasteiger partial charge on any atom is 0.273 e. The van der Waals surface area contributed by atoms with Crippen molar-refractivity contribution in [3.8, 4) is 5.75 Å². The van der Waals surface area contributed by atoms with E-state index in [0.717, 1.165) is 24.4 Å². The maximum atomic E-state index is 12.2. The fraction of sp³-hybridized carbons (Fsp3) is 0.471. The zero-order valence-electron chi connectivity index (χ0n) is 14.6. The predicted octanol–water partition coefficient (Wildman–Crippen LogP) is 0.753. The number of carbonyl (C=O) groups is 1. The van der Waals surface area contributed by atoms with E-state index < -0.39 is 5.60 Å². The number of nitrogens with one attached hydrogen (secondary N) is 2. The van der Waals surface area contributed by atoms with Gasteiger partial charge in [0.2, 0.25) is 0 Å². The Hall–Kier alpha value is -2.16. The number of hydrogen-bond donors (Lipinski definition) is 3. The molecule has 9 heteroatoms. The molecule has 0 aliphatic carbocycles. The van der Waals surface area contributed by atoms with E-state index in [1.807, 2.05) is 24.3 Å². The largest absolute Gasteiger partial charge is 0.497 e. The van der Waals surface area contributed by atoms with Crippen LogP contribution in [-0.2, 0) is 13.1 Å². The van der Waals surface area contributed by atoms with E-state index in [0.29, 0.717) is 25.9 Å². The average molecular weight is 382 g/mol. The molecule has 0 spiro atoms. The van der Waals surface area contributed by atoms with Crippen LogP contribution in [0.25, 0.3) is 0 Å². The first-order valence-electron chi connectivity index (χ1n) is 8.32. The van der Waals surface area contributed by atoms with Crippen LogP contribution in [0.3, 0.4) is 0 Å². The summed E-state index contributed by atoms with van der Waals surface area (Å²) in [5.74, 6) is 0.480. The van der Waals surface area contributed by atoms with E-state index in [4.69, 9.17) is 4.74 Å². The Morgan fingerprint density at radius 1 is 1.35 bits per heavy atom. The van der Waals surface area contributed by atoms with Gasteiger partial charge in [-0.25, -0.2) is 4.68 Å². The van der Waals surface area contributed by atoms with Gasteiger partial charge >= 0.3 is 0 Å². The van der Waals surface area contributed by atoms with Gasteiger partial charge in [0.25, 0.3) is 5.91 Å². The smallest absolute Gasteiger partial charge is 0.273 e. The second kappa shape index (κ2) is 8.98. The van der Waals surface area contributed by atoms with E-state index in [1.54, 1.807) is 13.3 Å². The van der Waals surface area contributed by atoms with Crippen LogP contribution in [0, 0.1) is 0 Å². The van der Waals surface area contributed by atoms with Crippen molar-refractivity contribution in [3.05, 3.63) is 41.7 Å². The third-order valence-corrected chi connectivity index (χ3v) is 4.37. The molecule has 0 saturated carbocycles. The molecule has 2 aromatic rings. The fourth-order valence-corrected chi connectivity index (χ4v) is 2.85. The van der Waals surface area contributed by atoms with Gasteiger partial charge in [-0.1, -0.05) is 17.3 Å². The maximum absolute atomic E-state index is 12.2. The Morgan fingerprint density at radius 2 is 2.04 bits per heavy atom. The number of halogens is 1. The molecule has 0 bridgehead atoms. The van der Waals surface area contributed by atoms with Gasteiger partial charge in [-0.05, 0) is 43.6 Å². The highest BCUT2D eigenvalue weighted by Gasteiger charge is 2.30. The molecule has 3 N–H and O–H groups in total. The quantitative estimate of drug-likeness (QED) is 0.682. The number of nitrogens with zero attached hydrogens (tertiary/aromatic N) is 3. The van der Waals surface area contributed by atoms with E-state index in [2.05, 4.69) is 20.9 Å². The fourth-order valence-electron chi connectivity index (χ4n) is 2.85. The number of carbonyl (C=O) groups excluding carboxylic acids is 1. The summed E-state index contributed by atoms with van der Waals surface area (Å²) in [7, 11) is 1.61. The van der Waals surface area contributed by atoms with Gasteiger partial charge < -0.3 is 20.5 Å². The molecular weight excluding hydrogens is 358 g/mol. The monoisotopic (exact) mass is 381 g/mol. The molecule has 142 valence electrons. The number of amides is 1. The van der Waals surface area contributed by atoms with E-state index in [1.165, 1.54) is 4.68 Å². The Balaban J connectivity index is 0.00000243. The number of ether oxygens (including phenoxy) is 1. The molecule has 1 fully saturated rings. The first-order valence-corrected chi connectivity index (χ1v) is 8.32. The van der Waals surface area contributed by atoms with Crippen molar-refractivity contribution in [1.29, 1.82) is 0 Å². The molecule has 2 heterocycles. The Labute approximate surface area is 158 Å². The van der Waals surface area contributed by atoms with E-state index in [-0.39, 0.29) is 24.0 Å². The van der Waals surface area contributed by atoms with Crippen molar-refractivity contribution in [3.63, 3.8) is 0 Å². The summed E-state index contributed by atoms with van der Waals surface area (Å²) < 4.78 is 6.64. The van der Waals surface area contributed by atoms with Gasteiger partial charge in [0, 0.05) is 6.54 Å². The molecule has 8 nitrogen and oxygen atoms in total. The van der Waals surface area contributed by atoms with Crippen molar-refractivity contribution in [1.82, 2.24) is 25.6 Å². The molecule has 3 rings (SSSR count). The van der Waals surface area contributed by atoms with Crippen molar-refractivity contribution >= 4 is 18.3 Å². The Kier molecular flexibility index (Phi) is 6.96. The van der Waals surface area contributed by atoms with Gasteiger partial charge in [-0.2, -0.15) is 0 Å². The molecule has 26 heavy (non-hydrogen) atoms. The average Bonchev–Trinajstić information content (AvgIpc) is 3.08. The normalized spacial score (nSPS) is 15.8. The molecule has 0 radical (unpaired) electrons. The second-order valence-electron chi connectivity index (χ2n) is 6.31. The van der Waals surface area contributed by atoms with Crippen LogP contribution in [0.2, 0.25) is 0 Å². The first kappa shape index (κ1) is 20.2. The molecule has 1 aliphatic heterocycles. The van der Waals surface area contributed by atoms with Crippen molar-refractivity contribution in [2.24, 2.45) is 0 Å². The highest BCUT2D eigenvalue weighted by atomic mass is 35.5. The second-order valence-corrected chi connectivity index (χ2v) is 6.31. The van der Waals surface area contributed by atoms with Crippen molar-refractivity contribution in [2.45, 2.75) is 31.5 Å². The summed E-state index contributed by atoms with van der Waals surface area (Å²) in [6, 6.07) is 7.47. The lowest BCUT2D eigenvalue weighted by Crippen LogP contribution is -2.44. The van der Waals surface area contributed by atoms with Gasteiger partial charge in [0.05, 0.1) is 25.5 Å². The zero-order chi connectivity index (χ0) is 17.7. The zero-order valence-corrected chi connectivity index (χ0v) is 15.5. The van der Waals surface area contributed by atoms with Crippen LogP contribution < -0.4 is 15.4 Å². The predicted molar refractivity (Wildman–Crippen MR) is 98.5 cm³/mol. The highest BCUT2D eigenvalue weighted by molar-refractivity contribution is 5.91. The van der Waals surface area contributed by atoms with Crippen LogP contribution in [0.15, 0.2) is 30.5 Å². The molecule has 0 unspecified atom stereocenters. The minimum Gasteiger partial charge on any atom is -0.497 e. The number of benzene rings is 1. The van der Waals surface area contributed by atoms with Gasteiger partial charge in [-0.3, -0.25) is 4.79 Å². The molecule has 1 aromatic heterocycles. The standard InChI is InChI=1S/C17H23N5O3.ClH/c1-25-14-4-2-13(3-5-14)10-19-16(23)15-11-22(21-20-15)12-17(24)6-8-18-9-7-17;/h2-5,11,18,24H,6-10,12H2,1H3,(H,19,23);1H. The minimum atomic E-state index is -0.796. The SMILES string of the molecule is COc1ccc(CNC(=O)c2cn(CC3(O)CCNCC3)nn2)cc1.Cl. The van der Waals surface area contributed by atoms with E-state index in [9.17, 15) is 9.90 Å². The van der Waals surface area contributed by atoms with E-state index >= 15 is 0 Å². The molecule has 1 aliphatic rings. The lowest BCUT2D eigenvalue weighted by Gasteiger charge is -2.32. The molecule has 1 saturated heterocycles. The van der Waals surface area contributed by atoms with Gasteiger partial charge in [0.15, 0.2) is 5.69 Å². The third-order valence-electron chi connectivity index (χ3n) is 4.37. The van der Waals surface area contributed by atoms with Crippen LogP contribution in [0.5, 0.6) is 5.75 Å². The molecular formula is C17H24ClN5O3. The van der Waals surface area contributed by atoms with Crippen LogP contribution in [-0.4, -0.2) is 51.8 Å². The number of piperidine rings is 1. The van der Waals surface area contributed by atoms with Crippen LogP contribution >= 0.6 is 12.4 Å². The number of methoxy groups -OCH3 is 1. The van der Waals surface area contributed by atoms with Crippen molar-refractivity contribution < 1.29 is 14.6 Å². The minimum absolute atomic E-state index is 0. The van der Waals surface area contributed by atoms with Crippen LogP contribution in [0.4, 0.5) is 0 Å². The third kappa shape index (κ3) is 5.17. The van der Waals surface area contributed by atoms with Crippen molar-refractivity contribution in [2.75, 3.05) is 20.2 Å². The summed E-state index contributed by atoms with van der Waals surface area (Å²) in [4.78, 5) is 12.2. The summed E-state index contributed by atoms with van der Waals surface area (Å²) in [5, 5.41) is 24.4. The van der Waals surface area contributed by atoms with Crippen LogP contribution in [0.1, 0.15) is 28.9 Å². The number of aromatic nitrogens is 3. The first-order chi connectivity index (χ1) is 12.1. The lowest BCUT2D eigenvalue weighted by atomic mass is 9.92. The number of aliphatic hydroxyl groups is 1. The van der Waals surface area contributed by atoms with Gasteiger partial charge in [0.1, 0.15) is 5.75 Å². The topological polar surface area (TPSA) is 101 Å². The summed E-state index contributed by atoms with van der Waals surface area (Å²) >= 11 is 0. The Bertz CT molecular complexity index is 713. The highest BCUT2D eigenvalue weighted by Crippen LogP contribution is 2.19.